The van der Waals surface area contributed by atoms with Gasteiger partial charge in [0.05, 0.1) is 7.11 Å². The zero-order valence-electron chi connectivity index (χ0n) is 7.20. The second kappa shape index (κ2) is 6.84. The van der Waals surface area contributed by atoms with Crippen molar-refractivity contribution >= 4 is 16.8 Å². The number of hydrogen-bond donors (Lipinski definition) is 1. The number of methoxy groups -OCH3 is 1. The lowest BCUT2D eigenvalue weighted by atomic mass is 10.6. The Morgan fingerprint density at radius 3 is 2.83 bits per heavy atom. The van der Waals surface area contributed by atoms with Crippen LogP contribution < -0.4 is 5.32 Å². The van der Waals surface area contributed by atoms with E-state index >= 15 is 0 Å². The molecule has 0 aliphatic heterocycles. The molecule has 1 unspecified atom stereocenters. The van der Waals surface area contributed by atoms with E-state index in [1.54, 1.807) is 6.26 Å². The third kappa shape index (κ3) is 7.27. The summed E-state index contributed by atoms with van der Waals surface area (Å²) in [5, 5.41) is 2.81. The van der Waals surface area contributed by atoms with Gasteiger partial charge in [-0.1, -0.05) is 0 Å². The van der Waals surface area contributed by atoms with Gasteiger partial charge in [0, 0.05) is 41.6 Å². The number of carbonyl (C=O) groups excluding carboxylic acids is 1. The van der Waals surface area contributed by atoms with Crippen molar-refractivity contribution in [1.82, 2.24) is 5.32 Å². The van der Waals surface area contributed by atoms with E-state index < -0.39 is 16.8 Å². The molecule has 0 aromatic rings. The van der Waals surface area contributed by atoms with Crippen LogP contribution in [0.25, 0.3) is 0 Å². The van der Waals surface area contributed by atoms with Crippen molar-refractivity contribution in [2.24, 2.45) is 0 Å². The van der Waals surface area contributed by atoms with Crippen LogP contribution in [0, 0.1) is 0 Å². The van der Waals surface area contributed by atoms with Crippen molar-refractivity contribution < 1.29 is 13.7 Å². The van der Waals surface area contributed by atoms with Crippen LogP contribution in [0.4, 0.5) is 0 Å². The average molecular weight is 191 g/mol. The highest BCUT2D eigenvalue weighted by Gasteiger charge is 1.90. The smallest absolute Gasteiger partial charge is 0.331 e. The van der Waals surface area contributed by atoms with E-state index in [-0.39, 0.29) is 0 Å². The highest BCUT2D eigenvalue weighted by molar-refractivity contribution is 7.84. The van der Waals surface area contributed by atoms with Gasteiger partial charge in [0.2, 0.25) is 0 Å². The first-order valence-electron chi connectivity index (χ1n) is 3.44. The Hall–Kier alpha value is -0.840. The van der Waals surface area contributed by atoms with Crippen molar-refractivity contribution in [2.45, 2.75) is 0 Å². The summed E-state index contributed by atoms with van der Waals surface area (Å²) in [6, 6.07) is 0. The van der Waals surface area contributed by atoms with Gasteiger partial charge >= 0.3 is 5.97 Å². The first-order chi connectivity index (χ1) is 5.66. The van der Waals surface area contributed by atoms with Crippen LogP contribution in [-0.4, -0.2) is 35.8 Å². The van der Waals surface area contributed by atoms with Crippen LogP contribution in [-0.2, 0) is 20.3 Å². The van der Waals surface area contributed by atoms with Gasteiger partial charge in [-0.05, 0) is 0 Å². The molecule has 0 fully saturated rings. The van der Waals surface area contributed by atoms with Gasteiger partial charge in [-0.2, -0.15) is 0 Å². The Bertz CT molecular complexity index is 191. The molecule has 0 aromatic carbocycles. The van der Waals surface area contributed by atoms with Crippen LogP contribution in [0.3, 0.4) is 0 Å². The quantitative estimate of drug-likeness (QED) is 0.366. The molecular weight excluding hydrogens is 178 g/mol. The van der Waals surface area contributed by atoms with Crippen molar-refractivity contribution in [3.05, 3.63) is 12.3 Å². The molecule has 0 radical (unpaired) electrons. The molecule has 12 heavy (non-hydrogen) atoms. The van der Waals surface area contributed by atoms with Crippen molar-refractivity contribution in [3.63, 3.8) is 0 Å². The van der Waals surface area contributed by atoms with Gasteiger partial charge in [0.25, 0.3) is 0 Å². The highest BCUT2D eigenvalue weighted by Crippen LogP contribution is 1.76. The van der Waals surface area contributed by atoms with Gasteiger partial charge < -0.3 is 10.1 Å². The number of esters is 1. The third-order valence-electron chi connectivity index (χ3n) is 1.07. The first kappa shape index (κ1) is 11.2. The van der Waals surface area contributed by atoms with E-state index in [0.717, 1.165) is 0 Å². The van der Waals surface area contributed by atoms with Crippen LogP contribution in [0.15, 0.2) is 12.3 Å². The molecule has 0 heterocycles. The number of carbonyl (C=O) groups is 1. The fourth-order valence-corrected chi connectivity index (χ4v) is 0.886. The van der Waals surface area contributed by atoms with E-state index in [1.165, 1.54) is 19.4 Å². The van der Waals surface area contributed by atoms with Crippen LogP contribution in [0.5, 0.6) is 0 Å². The summed E-state index contributed by atoms with van der Waals surface area (Å²) < 4.78 is 14.9. The Morgan fingerprint density at radius 2 is 2.33 bits per heavy atom. The summed E-state index contributed by atoms with van der Waals surface area (Å²) in [6.45, 7) is 0.594. The van der Waals surface area contributed by atoms with Crippen LogP contribution in [0.1, 0.15) is 0 Å². The van der Waals surface area contributed by atoms with Gasteiger partial charge in [0.1, 0.15) is 0 Å². The molecule has 1 atom stereocenters. The van der Waals surface area contributed by atoms with Crippen LogP contribution in [0.2, 0.25) is 0 Å². The molecular formula is C7H13NO3S. The summed E-state index contributed by atoms with van der Waals surface area (Å²) in [7, 11) is 0.519. The second-order valence-electron chi connectivity index (χ2n) is 2.09. The van der Waals surface area contributed by atoms with Gasteiger partial charge in [0.15, 0.2) is 0 Å². The minimum Gasteiger partial charge on any atom is -0.466 e. The Morgan fingerprint density at radius 1 is 1.67 bits per heavy atom. The molecule has 70 valence electrons. The molecule has 5 heteroatoms. The molecule has 0 amide bonds. The predicted molar refractivity (Wildman–Crippen MR) is 48.1 cm³/mol. The number of ether oxygens (including phenoxy) is 1. The number of rotatable bonds is 5. The monoisotopic (exact) mass is 191 g/mol. The van der Waals surface area contributed by atoms with Gasteiger partial charge in [-0.25, -0.2) is 4.79 Å². The average Bonchev–Trinajstić information content (AvgIpc) is 2.03. The molecule has 0 saturated heterocycles. The largest absolute Gasteiger partial charge is 0.466 e. The maximum absolute atomic E-state index is 10.6. The Labute approximate surface area is 74.4 Å². The molecule has 0 saturated carbocycles. The highest BCUT2D eigenvalue weighted by atomic mass is 32.2. The summed E-state index contributed by atoms with van der Waals surface area (Å²) in [4.78, 5) is 10.5. The fourth-order valence-electron chi connectivity index (χ4n) is 0.481. The molecule has 0 spiro atoms. The van der Waals surface area contributed by atoms with E-state index in [2.05, 4.69) is 10.1 Å². The van der Waals surface area contributed by atoms with Crippen molar-refractivity contribution in [3.8, 4) is 0 Å². The van der Waals surface area contributed by atoms with Gasteiger partial charge in [-0.15, -0.1) is 0 Å². The third-order valence-corrected chi connectivity index (χ3v) is 1.85. The molecule has 0 aliphatic carbocycles. The maximum atomic E-state index is 10.6. The zero-order chi connectivity index (χ0) is 9.40. The standard InChI is InChI=1S/C7H13NO3S/c1-11-7(9)3-4-8-5-6-12(2)10/h3-4,8H,5-6H2,1-2H3/b4-3+. The molecule has 1 N–H and O–H groups in total. The minimum atomic E-state index is -0.794. The summed E-state index contributed by atoms with van der Waals surface area (Å²) in [6.07, 6.45) is 4.39. The van der Waals surface area contributed by atoms with Crippen LogP contribution >= 0.6 is 0 Å². The summed E-state index contributed by atoms with van der Waals surface area (Å²) >= 11 is 0. The lowest BCUT2D eigenvalue weighted by Gasteiger charge is -1.96. The zero-order valence-corrected chi connectivity index (χ0v) is 8.02. The number of hydrogen-bond acceptors (Lipinski definition) is 4. The molecule has 0 rings (SSSR count). The molecule has 0 aromatic heterocycles. The normalized spacial score (nSPS) is 12.8. The lowest BCUT2D eigenvalue weighted by molar-refractivity contribution is -0.134. The van der Waals surface area contributed by atoms with Crippen molar-refractivity contribution in [1.29, 1.82) is 0 Å². The molecule has 4 nitrogen and oxygen atoms in total. The Kier molecular flexibility index (Phi) is 6.37. The second-order valence-corrected chi connectivity index (χ2v) is 3.64. The lowest BCUT2D eigenvalue weighted by Crippen LogP contribution is -2.14. The van der Waals surface area contributed by atoms with E-state index in [0.29, 0.717) is 12.3 Å². The molecule has 0 aliphatic rings. The van der Waals surface area contributed by atoms with E-state index in [4.69, 9.17) is 0 Å². The maximum Gasteiger partial charge on any atom is 0.331 e. The minimum absolute atomic E-state index is 0.403. The Balaban J connectivity index is 3.36. The van der Waals surface area contributed by atoms with Crippen molar-refractivity contribution in [2.75, 3.05) is 25.7 Å². The fraction of sp³-hybridized carbons (Fsp3) is 0.571. The predicted octanol–water partition coefficient (Wildman–Crippen LogP) is -0.359. The number of nitrogens with one attached hydrogen (secondary N) is 1. The SMILES string of the molecule is COC(=O)/C=C/NCCS(C)=O. The van der Waals surface area contributed by atoms with E-state index in [9.17, 15) is 9.00 Å². The summed E-state index contributed by atoms with van der Waals surface area (Å²) in [5.74, 6) is 0.172. The molecule has 0 bridgehead atoms. The van der Waals surface area contributed by atoms with E-state index in [1.807, 2.05) is 0 Å². The topological polar surface area (TPSA) is 55.4 Å². The van der Waals surface area contributed by atoms with Gasteiger partial charge in [-0.3, -0.25) is 4.21 Å². The summed E-state index contributed by atoms with van der Waals surface area (Å²) in [5.41, 5.74) is 0. The first-order valence-corrected chi connectivity index (χ1v) is 5.17.